The molecule has 0 saturated carbocycles. The summed E-state index contributed by atoms with van der Waals surface area (Å²) < 4.78 is 5.50. The number of fused-ring (bicyclic) bond motifs is 3. The number of unbranched alkanes of at least 4 members (excludes halogenated alkanes) is 1. The molecule has 0 radical (unpaired) electrons. The third kappa shape index (κ3) is 4.61. The fourth-order valence-corrected chi connectivity index (χ4v) is 4.71. The lowest BCUT2D eigenvalue weighted by atomic mass is 9.98. The van der Waals surface area contributed by atoms with E-state index in [1.165, 1.54) is 27.2 Å². The summed E-state index contributed by atoms with van der Waals surface area (Å²) in [5, 5.41) is 11.9. The van der Waals surface area contributed by atoms with Gasteiger partial charge in [-0.25, -0.2) is 9.59 Å². The fourth-order valence-electron chi connectivity index (χ4n) is 4.71. The van der Waals surface area contributed by atoms with E-state index >= 15 is 0 Å². The van der Waals surface area contributed by atoms with Crippen molar-refractivity contribution in [2.75, 3.05) is 19.7 Å². The molecule has 7 heteroatoms. The monoisotopic (exact) mass is 436 g/mol. The molecular weight excluding hydrogens is 408 g/mol. The lowest BCUT2D eigenvalue weighted by Gasteiger charge is -2.21. The number of alkyl carbamates (subject to hydrolysis) is 1. The summed E-state index contributed by atoms with van der Waals surface area (Å²) in [7, 11) is 0. The summed E-state index contributed by atoms with van der Waals surface area (Å²) in [6.07, 6.45) is 2.28. The highest BCUT2D eigenvalue weighted by atomic mass is 16.5. The third-order valence-electron chi connectivity index (χ3n) is 6.29. The average Bonchev–Trinajstić information content (AvgIpc) is 3.41. The zero-order valence-electron chi connectivity index (χ0n) is 18.0. The van der Waals surface area contributed by atoms with Gasteiger partial charge in [-0.05, 0) is 47.9 Å². The molecule has 1 aliphatic heterocycles. The van der Waals surface area contributed by atoms with Gasteiger partial charge in [-0.15, -0.1) is 0 Å². The average molecular weight is 437 g/mol. The van der Waals surface area contributed by atoms with E-state index in [4.69, 9.17) is 4.74 Å². The maximum absolute atomic E-state index is 12.3. The van der Waals surface area contributed by atoms with Crippen LogP contribution in [0.3, 0.4) is 0 Å². The number of carbonyl (C=O) groups is 3. The molecule has 1 fully saturated rings. The minimum atomic E-state index is -0.937. The molecule has 2 amide bonds. The molecule has 2 aromatic rings. The third-order valence-corrected chi connectivity index (χ3v) is 6.29. The SMILES string of the molecule is O=C(NCCCCC(=O)N1CCC[C@@H]1C(=O)O)OCC1c2ccccc2-c2ccccc21. The molecule has 2 aromatic carbocycles. The summed E-state index contributed by atoms with van der Waals surface area (Å²) in [5.74, 6) is -1.04. The Balaban J connectivity index is 1.19. The number of amides is 2. The number of rotatable bonds is 8. The van der Waals surface area contributed by atoms with Crippen molar-refractivity contribution in [1.82, 2.24) is 10.2 Å². The van der Waals surface area contributed by atoms with Gasteiger partial charge in [-0.2, -0.15) is 0 Å². The first-order valence-electron chi connectivity index (χ1n) is 11.2. The Bertz CT molecular complexity index is 960. The maximum atomic E-state index is 12.3. The van der Waals surface area contributed by atoms with Crippen LogP contribution in [0.4, 0.5) is 4.79 Å². The van der Waals surface area contributed by atoms with Crippen LogP contribution in [0.5, 0.6) is 0 Å². The van der Waals surface area contributed by atoms with Crippen LogP contribution in [0.25, 0.3) is 11.1 Å². The zero-order chi connectivity index (χ0) is 22.5. The first kappa shape index (κ1) is 21.9. The summed E-state index contributed by atoms with van der Waals surface area (Å²) in [5.41, 5.74) is 4.71. The van der Waals surface area contributed by atoms with E-state index in [-0.39, 0.29) is 24.9 Å². The molecule has 0 aromatic heterocycles. The van der Waals surface area contributed by atoms with Crippen molar-refractivity contribution in [3.8, 4) is 11.1 Å². The molecule has 2 aliphatic rings. The molecule has 32 heavy (non-hydrogen) atoms. The molecule has 2 N–H and O–H groups in total. The van der Waals surface area contributed by atoms with Gasteiger partial charge in [0.2, 0.25) is 5.91 Å². The van der Waals surface area contributed by atoms with Crippen LogP contribution < -0.4 is 5.32 Å². The highest BCUT2D eigenvalue weighted by Gasteiger charge is 2.33. The highest BCUT2D eigenvalue weighted by molar-refractivity contribution is 5.84. The molecular formula is C25H28N2O5. The van der Waals surface area contributed by atoms with Crippen LogP contribution in [0.2, 0.25) is 0 Å². The standard InChI is InChI=1S/C25H28N2O5/c28-23(27-15-7-12-22(27)24(29)30)13-5-6-14-26-25(31)32-16-21-19-10-3-1-8-17(19)18-9-2-4-11-20(18)21/h1-4,8-11,21-22H,5-7,12-16H2,(H,26,31)(H,29,30)/t22-/m1/s1. The molecule has 1 aliphatic carbocycles. The number of aliphatic carboxylic acids is 1. The molecule has 1 atom stereocenters. The molecule has 1 heterocycles. The van der Waals surface area contributed by atoms with Crippen molar-refractivity contribution in [3.05, 3.63) is 59.7 Å². The van der Waals surface area contributed by atoms with E-state index in [2.05, 4.69) is 29.6 Å². The largest absolute Gasteiger partial charge is 0.480 e. The Morgan fingerprint density at radius 3 is 2.31 bits per heavy atom. The molecule has 4 rings (SSSR count). The van der Waals surface area contributed by atoms with Crippen molar-refractivity contribution in [3.63, 3.8) is 0 Å². The Morgan fingerprint density at radius 2 is 1.66 bits per heavy atom. The second-order valence-electron chi connectivity index (χ2n) is 8.29. The van der Waals surface area contributed by atoms with Gasteiger partial charge in [0.25, 0.3) is 0 Å². The van der Waals surface area contributed by atoms with Crippen molar-refractivity contribution in [1.29, 1.82) is 0 Å². The lowest BCUT2D eigenvalue weighted by Crippen LogP contribution is -2.40. The predicted molar refractivity (Wildman–Crippen MR) is 119 cm³/mol. The molecule has 168 valence electrons. The van der Waals surface area contributed by atoms with Gasteiger partial charge in [0.05, 0.1) is 0 Å². The number of carbonyl (C=O) groups excluding carboxylic acids is 2. The van der Waals surface area contributed by atoms with Crippen LogP contribution >= 0.6 is 0 Å². The Labute approximate surface area is 187 Å². The number of hydrogen-bond donors (Lipinski definition) is 2. The number of nitrogens with zero attached hydrogens (tertiary/aromatic N) is 1. The number of nitrogens with one attached hydrogen (secondary N) is 1. The molecule has 0 spiro atoms. The van der Waals surface area contributed by atoms with Gasteiger partial charge in [0, 0.05) is 25.4 Å². The minimum absolute atomic E-state index is 0.0217. The molecule has 7 nitrogen and oxygen atoms in total. The van der Waals surface area contributed by atoms with E-state index < -0.39 is 18.1 Å². The van der Waals surface area contributed by atoms with E-state index in [9.17, 15) is 19.5 Å². The Hall–Kier alpha value is -3.35. The van der Waals surface area contributed by atoms with Crippen LogP contribution in [0.15, 0.2) is 48.5 Å². The van der Waals surface area contributed by atoms with Gasteiger partial charge in [-0.1, -0.05) is 48.5 Å². The van der Waals surface area contributed by atoms with Crippen LogP contribution in [-0.2, 0) is 14.3 Å². The quantitative estimate of drug-likeness (QED) is 0.614. The van der Waals surface area contributed by atoms with Gasteiger partial charge in [0.1, 0.15) is 12.6 Å². The summed E-state index contributed by atoms with van der Waals surface area (Å²) in [6, 6.07) is 15.7. The first-order chi connectivity index (χ1) is 15.6. The van der Waals surface area contributed by atoms with Crippen LogP contribution in [-0.4, -0.2) is 53.7 Å². The summed E-state index contributed by atoms with van der Waals surface area (Å²) >= 11 is 0. The van der Waals surface area contributed by atoms with Gasteiger partial charge >= 0.3 is 12.1 Å². The number of likely N-dealkylation sites (tertiary alicyclic amines) is 1. The topological polar surface area (TPSA) is 95.9 Å². The van der Waals surface area contributed by atoms with Gasteiger partial charge < -0.3 is 20.1 Å². The van der Waals surface area contributed by atoms with Crippen LogP contribution in [0, 0.1) is 0 Å². The summed E-state index contributed by atoms with van der Waals surface area (Å²) in [4.78, 5) is 37.1. The van der Waals surface area contributed by atoms with Crippen molar-refractivity contribution < 1.29 is 24.2 Å². The highest BCUT2D eigenvalue weighted by Crippen LogP contribution is 2.44. The molecule has 0 unspecified atom stereocenters. The Kier molecular flexibility index (Phi) is 6.73. The second-order valence-corrected chi connectivity index (χ2v) is 8.29. The van der Waals surface area contributed by atoms with Crippen molar-refractivity contribution >= 4 is 18.0 Å². The minimum Gasteiger partial charge on any atom is -0.480 e. The predicted octanol–water partition coefficient (Wildman–Crippen LogP) is 3.77. The Morgan fingerprint density at radius 1 is 1.00 bits per heavy atom. The van der Waals surface area contributed by atoms with Gasteiger partial charge in [-0.3, -0.25) is 4.79 Å². The van der Waals surface area contributed by atoms with E-state index in [0.717, 1.165) is 6.42 Å². The number of benzene rings is 2. The van der Waals surface area contributed by atoms with Crippen molar-refractivity contribution in [2.24, 2.45) is 0 Å². The maximum Gasteiger partial charge on any atom is 0.407 e. The smallest absolute Gasteiger partial charge is 0.407 e. The second kappa shape index (κ2) is 9.85. The lowest BCUT2D eigenvalue weighted by molar-refractivity contribution is -0.148. The number of carboxylic acids is 1. The fraction of sp³-hybridized carbons (Fsp3) is 0.400. The zero-order valence-corrected chi connectivity index (χ0v) is 18.0. The van der Waals surface area contributed by atoms with E-state index in [1.807, 2.05) is 24.3 Å². The summed E-state index contributed by atoms with van der Waals surface area (Å²) in [6.45, 7) is 1.18. The van der Waals surface area contributed by atoms with Crippen LogP contribution in [0.1, 0.15) is 49.1 Å². The van der Waals surface area contributed by atoms with E-state index in [0.29, 0.717) is 32.4 Å². The molecule has 0 bridgehead atoms. The number of carboxylic acid groups (broad SMARTS) is 1. The number of ether oxygens (including phenoxy) is 1. The van der Waals surface area contributed by atoms with E-state index in [1.54, 1.807) is 0 Å². The van der Waals surface area contributed by atoms with Crippen molar-refractivity contribution in [2.45, 2.75) is 44.1 Å². The number of hydrogen-bond acceptors (Lipinski definition) is 4. The normalized spacial score (nSPS) is 17.0. The van der Waals surface area contributed by atoms with Gasteiger partial charge in [0.15, 0.2) is 0 Å². The first-order valence-corrected chi connectivity index (χ1v) is 11.2. The molecule has 1 saturated heterocycles.